The molecular formula is C18H25Cl2HfNOSi. The summed E-state index contributed by atoms with van der Waals surface area (Å²) in [6.45, 7) is 10.4. The smallest absolute Gasteiger partial charge is 1.00 e. The number of carbonyl (C=O) groups is 1. The Morgan fingerprint density at radius 1 is 1.17 bits per heavy atom. The topological polar surface area (TPSA) is 40.9 Å². The van der Waals surface area contributed by atoms with Gasteiger partial charge in [0.2, 0.25) is 0 Å². The summed E-state index contributed by atoms with van der Waals surface area (Å²) >= 11 is 0. The van der Waals surface area contributed by atoms with Gasteiger partial charge in [-0.25, -0.2) is 12.2 Å². The Morgan fingerprint density at radius 2 is 1.67 bits per heavy atom. The minimum atomic E-state index is -0.606. The molecule has 0 aliphatic heterocycles. The van der Waals surface area contributed by atoms with E-state index in [-0.39, 0.29) is 56.1 Å². The van der Waals surface area contributed by atoms with Crippen LogP contribution in [0, 0.1) is 6.08 Å². The zero-order chi connectivity index (χ0) is 16.3. The third-order valence-electron chi connectivity index (χ3n) is 2.57. The summed E-state index contributed by atoms with van der Waals surface area (Å²) in [4.78, 5) is 11.0. The molecule has 0 saturated carbocycles. The molecule has 2 radical (unpaired) electrons. The first-order valence-electron chi connectivity index (χ1n) is 7.00. The van der Waals surface area contributed by atoms with Crippen LogP contribution in [0.5, 0.6) is 0 Å². The SMILES string of the molecule is CC(C)(C)c1ccccc1C([NH-])=O.C[Si]C.[C-]1=CC=CC1.[Cl-].[Cl-].[Hf+4]. The Morgan fingerprint density at radius 3 is 1.92 bits per heavy atom. The number of hydrogen-bond donors (Lipinski definition) is 0. The van der Waals surface area contributed by atoms with Gasteiger partial charge in [-0.3, -0.25) is 6.08 Å². The molecule has 2 nitrogen and oxygen atoms in total. The number of benzene rings is 1. The van der Waals surface area contributed by atoms with Crippen molar-refractivity contribution in [2.75, 3.05) is 0 Å². The van der Waals surface area contributed by atoms with Gasteiger partial charge in [-0.15, -0.1) is 6.42 Å². The summed E-state index contributed by atoms with van der Waals surface area (Å²) in [5, 5.41) is 0. The standard InChI is InChI=1S/C11H15NO.C5H5.C2H6Si.2ClH.Hf/c1-11(2,3)9-7-5-4-6-8(9)10(12)13;1-2-4-5-3-1;1-3-2;;;/h4-7H,1-3H3,(H2,12,13);1-3H,4H2;1-2H3;2*1H;/q;-1;;;;+4/p-3. The molecule has 0 spiro atoms. The molecule has 0 aromatic heterocycles. The molecule has 1 aromatic carbocycles. The first kappa shape index (κ1) is 31.6. The summed E-state index contributed by atoms with van der Waals surface area (Å²) in [5.41, 5.74) is 8.47. The van der Waals surface area contributed by atoms with Gasteiger partial charge in [0.05, 0.1) is 5.91 Å². The average molecular weight is 549 g/mol. The fourth-order valence-electron chi connectivity index (χ4n) is 1.68. The van der Waals surface area contributed by atoms with Crippen LogP contribution in [0.25, 0.3) is 5.73 Å². The Kier molecular flexibility index (Phi) is 23.2. The average Bonchev–Trinajstić information content (AvgIpc) is 2.97. The number of rotatable bonds is 1. The van der Waals surface area contributed by atoms with Crippen LogP contribution in [-0.4, -0.2) is 15.4 Å². The van der Waals surface area contributed by atoms with E-state index in [1.165, 1.54) is 0 Å². The predicted molar refractivity (Wildman–Crippen MR) is 92.8 cm³/mol. The van der Waals surface area contributed by atoms with E-state index in [0.29, 0.717) is 5.56 Å². The van der Waals surface area contributed by atoms with Crippen LogP contribution in [0.4, 0.5) is 0 Å². The summed E-state index contributed by atoms with van der Waals surface area (Å²) in [6.07, 6.45) is 10.0. The van der Waals surface area contributed by atoms with Crippen molar-refractivity contribution in [3.05, 3.63) is 65.4 Å². The molecule has 0 bridgehead atoms. The third-order valence-corrected chi connectivity index (χ3v) is 2.57. The Balaban J connectivity index is -0.000000154. The van der Waals surface area contributed by atoms with Gasteiger partial charge in [-0.1, -0.05) is 58.1 Å². The predicted octanol–water partition coefficient (Wildman–Crippen LogP) is -0.726. The molecule has 1 aromatic rings. The first-order valence-corrected chi connectivity index (χ1v) is 9.00. The summed E-state index contributed by atoms with van der Waals surface area (Å²) in [6, 6.07) is 7.29. The Bertz CT molecular complexity index is 490. The van der Waals surface area contributed by atoms with Gasteiger partial charge in [0.1, 0.15) is 0 Å². The van der Waals surface area contributed by atoms with Gasteiger partial charge in [0.15, 0.2) is 0 Å². The maximum atomic E-state index is 11.0. The second-order valence-corrected chi connectivity index (χ2v) is 6.63. The molecule has 0 fully saturated rings. The number of carbonyl (C=O) groups excluding carboxylic acids is 1. The fraction of sp³-hybridized carbons (Fsp3) is 0.389. The van der Waals surface area contributed by atoms with Crippen LogP contribution in [0.2, 0.25) is 13.1 Å². The van der Waals surface area contributed by atoms with Crippen molar-refractivity contribution < 1.29 is 55.5 Å². The molecule has 1 amide bonds. The number of allylic oxidation sites excluding steroid dienone is 4. The molecule has 0 saturated heterocycles. The Labute approximate surface area is 181 Å². The first-order chi connectivity index (χ1) is 9.84. The summed E-state index contributed by atoms with van der Waals surface area (Å²) < 4.78 is 0. The summed E-state index contributed by atoms with van der Waals surface area (Å²) in [7, 11) is 1.08. The largest absolute Gasteiger partial charge is 4.00 e. The van der Waals surface area contributed by atoms with E-state index in [4.69, 9.17) is 5.73 Å². The van der Waals surface area contributed by atoms with Crippen molar-refractivity contribution in [1.29, 1.82) is 0 Å². The minimum absolute atomic E-state index is 0. The molecule has 130 valence electrons. The van der Waals surface area contributed by atoms with Crippen LogP contribution in [0.15, 0.2) is 42.5 Å². The zero-order valence-electron chi connectivity index (χ0n) is 14.9. The minimum Gasteiger partial charge on any atom is -1.00 e. The van der Waals surface area contributed by atoms with Gasteiger partial charge in [0.25, 0.3) is 0 Å². The van der Waals surface area contributed by atoms with E-state index in [9.17, 15) is 4.79 Å². The van der Waals surface area contributed by atoms with Gasteiger partial charge >= 0.3 is 25.8 Å². The molecule has 1 aliphatic carbocycles. The zero-order valence-corrected chi connectivity index (χ0v) is 21.0. The van der Waals surface area contributed by atoms with E-state index in [2.05, 4.69) is 25.2 Å². The molecule has 1 aliphatic rings. The maximum absolute atomic E-state index is 11.0. The van der Waals surface area contributed by atoms with Crippen molar-refractivity contribution in [3.8, 4) is 0 Å². The van der Waals surface area contributed by atoms with Gasteiger partial charge in [-0.05, 0) is 11.0 Å². The van der Waals surface area contributed by atoms with E-state index in [1.54, 1.807) is 12.1 Å². The molecular weight excluding hydrogens is 524 g/mol. The Hall–Kier alpha value is -0.163. The van der Waals surface area contributed by atoms with Crippen LogP contribution in [0.1, 0.15) is 43.1 Å². The molecule has 1 N–H and O–H groups in total. The van der Waals surface area contributed by atoms with Crippen molar-refractivity contribution in [3.63, 3.8) is 0 Å². The van der Waals surface area contributed by atoms with Gasteiger partial charge < -0.3 is 35.3 Å². The number of amides is 1. The van der Waals surface area contributed by atoms with E-state index in [0.717, 1.165) is 21.5 Å². The number of hydrogen-bond acceptors (Lipinski definition) is 1. The fourth-order valence-corrected chi connectivity index (χ4v) is 1.68. The quantitative estimate of drug-likeness (QED) is 0.337. The summed E-state index contributed by atoms with van der Waals surface area (Å²) in [5.74, 6) is -0.606. The van der Waals surface area contributed by atoms with Crippen molar-refractivity contribution >= 4 is 15.4 Å². The molecule has 6 heteroatoms. The molecule has 0 heterocycles. The second kappa shape index (κ2) is 17.7. The molecule has 2 rings (SSSR count). The van der Waals surface area contributed by atoms with Crippen LogP contribution < -0.4 is 24.8 Å². The molecule has 24 heavy (non-hydrogen) atoms. The normalized spacial score (nSPS) is 10.5. The van der Waals surface area contributed by atoms with E-state index in [1.807, 2.05) is 45.1 Å². The van der Waals surface area contributed by atoms with Crippen LogP contribution >= 0.6 is 0 Å². The monoisotopic (exact) mass is 549 g/mol. The maximum Gasteiger partial charge on any atom is 4.00 e. The second-order valence-electron chi connectivity index (χ2n) is 5.63. The van der Waals surface area contributed by atoms with Crippen molar-refractivity contribution in [2.45, 2.75) is 45.7 Å². The van der Waals surface area contributed by atoms with Crippen LogP contribution in [-0.2, 0) is 31.3 Å². The van der Waals surface area contributed by atoms with Gasteiger partial charge in [0, 0.05) is 15.1 Å². The number of halogens is 2. The van der Waals surface area contributed by atoms with Crippen molar-refractivity contribution in [2.24, 2.45) is 0 Å². The van der Waals surface area contributed by atoms with E-state index < -0.39 is 5.91 Å². The third kappa shape index (κ3) is 14.2. The molecule has 0 unspecified atom stereocenters. The molecule has 0 atom stereocenters. The van der Waals surface area contributed by atoms with Crippen molar-refractivity contribution in [1.82, 2.24) is 0 Å². The van der Waals surface area contributed by atoms with E-state index >= 15 is 0 Å². The van der Waals surface area contributed by atoms with Crippen LogP contribution in [0.3, 0.4) is 0 Å². The number of nitrogens with one attached hydrogen (secondary N) is 1. The van der Waals surface area contributed by atoms with Gasteiger partial charge in [-0.2, -0.15) is 6.08 Å².